The van der Waals surface area contributed by atoms with Crippen LogP contribution in [0.15, 0.2) is 22.3 Å². The van der Waals surface area contributed by atoms with Crippen LogP contribution in [-0.4, -0.2) is 68.0 Å². The highest BCUT2D eigenvalue weighted by atomic mass is 32.2. The molecule has 2 unspecified atom stereocenters. The summed E-state index contributed by atoms with van der Waals surface area (Å²) in [4.78, 5) is 55.5. The van der Waals surface area contributed by atoms with E-state index in [-0.39, 0.29) is 34.1 Å². The normalized spacial score (nSPS) is 23.5. The molecule has 188 valence electrons. The van der Waals surface area contributed by atoms with E-state index in [0.29, 0.717) is 5.75 Å². The molecule has 3 atom stereocenters. The number of esters is 2. The third-order valence-electron chi connectivity index (χ3n) is 5.92. The van der Waals surface area contributed by atoms with Gasteiger partial charge in [-0.25, -0.2) is 9.78 Å². The third-order valence-corrected chi connectivity index (χ3v) is 7.77. The zero-order chi connectivity index (χ0) is 25.1. The van der Waals surface area contributed by atoms with E-state index in [1.807, 2.05) is 0 Å². The minimum atomic E-state index is -1.10. The van der Waals surface area contributed by atoms with Crippen LogP contribution in [0.5, 0.6) is 0 Å². The van der Waals surface area contributed by atoms with E-state index >= 15 is 0 Å². The van der Waals surface area contributed by atoms with Gasteiger partial charge in [-0.05, 0) is 18.9 Å². The van der Waals surface area contributed by atoms with Gasteiger partial charge in [0.25, 0.3) is 11.8 Å². The molecular weight excluding hydrogens is 498 g/mol. The Hall–Kier alpha value is -3.13. The number of carbonyl (C=O) groups is 4. The number of hydrogen-bond acceptors (Lipinski definition) is 12. The number of carbonyl (C=O) groups excluding carboxylic acids is 4. The smallest absolute Gasteiger partial charge is 0.357 e. The van der Waals surface area contributed by atoms with Crippen molar-refractivity contribution in [3.05, 3.63) is 22.8 Å². The van der Waals surface area contributed by atoms with Crippen molar-refractivity contribution in [1.29, 1.82) is 0 Å². The molecule has 1 aromatic rings. The van der Waals surface area contributed by atoms with E-state index in [4.69, 9.17) is 15.2 Å². The first-order valence-corrected chi connectivity index (χ1v) is 13.0. The number of hydrogen-bond donors (Lipinski definition) is 3. The van der Waals surface area contributed by atoms with Crippen molar-refractivity contribution in [1.82, 2.24) is 15.2 Å². The Kier molecular flexibility index (Phi) is 7.60. The third kappa shape index (κ3) is 5.27. The van der Waals surface area contributed by atoms with Gasteiger partial charge in [0.2, 0.25) is 6.29 Å². The summed E-state index contributed by atoms with van der Waals surface area (Å²) in [5, 5.41) is 15.8. The van der Waals surface area contributed by atoms with Crippen LogP contribution < -0.4 is 11.1 Å². The van der Waals surface area contributed by atoms with E-state index < -0.39 is 35.5 Å². The Morgan fingerprint density at radius 2 is 2.03 bits per heavy atom. The van der Waals surface area contributed by atoms with Crippen LogP contribution in [0.3, 0.4) is 0 Å². The average Bonchev–Trinajstić information content (AvgIpc) is 3.28. The van der Waals surface area contributed by atoms with Crippen molar-refractivity contribution in [2.45, 2.75) is 56.7 Å². The number of thioether (sulfide) groups is 1. The van der Waals surface area contributed by atoms with E-state index in [0.717, 1.165) is 43.4 Å². The van der Waals surface area contributed by atoms with Crippen LogP contribution in [0.4, 0.5) is 5.13 Å². The van der Waals surface area contributed by atoms with E-state index in [1.54, 1.807) is 6.08 Å². The van der Waals surface area contributed by atoms with Crippen molar-refractivity contribution in [3.63, 3.8) is 0 Å². The number of ether oxygens (including phenoxy) is 2. The molecule has 1 aromatic heterocycles. The lowest BCUT2D eigenvalue weighted by molar-refractivity contribution is -0.187. The molecule has 4 N–H and O–H groups in total. The van der Waals surface area contributed by atoms with Gasteiger partial charge in [-0.2, -0.15) is 0 Å². The fourth-order valence-electron chi connectivity index (χ4n) is 4.18. The molecule has 12 nitrogen and oxygen atoms in total. The average molecular weight is 524 g/mol. The summed E-state index contributed by atoms with van der Waals surface area (Å²) in [6, 6.07) is -0.946. The SMILES string of the molecule is CC(OC(=O)C1=CCS[C@@H]2C(NC(=O)C(=NO)c3csc(N)n3)C(=O)N12)OC(=O)C1CCCCC1. The van der Waals surface area contributed by atoms with Crippen LogP contribution in [0, 0.1) is 5.92 Å². The summed E-state index contributed by atoms with van der Waals surface area (Å²) in [6.07, 6.45) is 5.01. The number of nitrogens with one attached hydrogen (secondary N) is 1. The molecule has 35 heavy (non-hydrogen) atoms. The van der Waals surface area contributed by atoms with Crippen LogP contribution >= 0.6 is 23.1 Å². The molecule has 1 aliphatic carbocycles. The number of nitrogens with two attached hydrogens (primary N) is 1. The summed E-state index contributed by atoms with van der Waals surface area (Å²) in [5.74, 6) is -2.31. The molecule has 0 radical (unpaired) electrons. The highest BCUT2D eigenvalue weighted by Crippen LogP contribution is 2.38. The first-order chi connectivity index (χ1) is 16.8. The molecule has 0 aromatic carbocycles. The molecular formula is C21H25N5O7S2. The van der Waals surface area contributed by atoms with E-state index in [2.05, 4.69) is 15.5 Å². The van der Waals surface area contributed by atoms with Gasteiger partial charge in [0, 0.05) is 18.1 Å². The highest BCUT2D eigenvalue weighted by Gasteiger charge is 2.53. The summed E-state index contributed by atoms with van der Waals surface area (Å²) >= 11 is 2.41. The Bertz CT molecular complexity index is 1080. The molecule has 2 amide bonds. The van der Waals surface area contributed by atoms with Gasteiger partial charge in [0.15, 0.2) is 10.8 Å². The molecule has 3 heterocycles. The van der Waals surface area contributed by atoms with Gasteiger partial charge in [-0.3, -0.25) is 19.3 Å². The Balaban J connectivity index is 1.33. The zero-order valence-corrected chi connectivity index (χ0v) is 20.5. The zero-order valence-electron chi connectivity index (χ0n) is 18.8. The quantitative estimate of drug-likeness (QED) is 0.118. The number of nitrogen functional groups attached to an aromatic ring is 1. The Labute approximate surface area is 208 Å². The largest absolute Gasteiger partial charge is 0.425 e. The fraction of sp³-hybridized carbons (Fsp3) is 0.524. The monoisotopic (exact) mass is 523 g/mol. The van der Waals surface area contributed by atoms with Crippen LogP contribution in [0.1, 0.15) is 44.7 Å². The lowest BCUT2D eigenvalue weighted by Crippen LogP contribution is -2.70. The molecule has 0 bridgehead atoms. The maximum absolute atomic E-state index is 12.8. The number of anilines is 1. The number of β-lactam (4-membered cyclic amide) rings is 1. The molecule has 14 heteroatoms. The fourth-order valence-corrected chi connectivity index (χ4v) is 5.92. The Morgan fingerprint density at radius 1 is 1.29 bits per heavy atom. The maximum atomic E-state index is 12.8. The number of nitrogens with zero attached hydrogens (tertiary/aromatic N) is 3. The van der Waals surface area contributed by atoms with Crippen LogP contribution in [0.2, 0.25) is 0 Å². The van der Waals surface area contributed by atoms with Crippen molar-refractivity contribution >= 4 is 57.7 Å². The van der Waals surface area contributed by atoms with Crippen molar-refractivity contribution in [2.75, 3.05) is 11.5 Å². The number of fused-ring (bicyclic) bond motifs is 1. The second-order valence-corrected chi connectivity index (χ2v) is 10.3. The second kappa shape index (κ2) is 10.6. The Morgan fingerprint density at radius 3 is 2.69 bits per heavy atom. The van der Waals surface area contributed by atoms with Gasteiger partial charge in [0.05, 0.1) is 5.92 Å². The molecule has 1 saturated heterocycles. The minimum Gasteiger partial charge on any atom is -0.425 e. The summed E-state index contributed by atoms with van der Waals surface area (Å²) in [6.45, 7) is 1.45. The maximum Gasteiger partial charge on any atom is 0.357 e. The van der Waals surface area contributed by atoms with Gasteiger partial charge in [0.1, 0.15) is 22.8 Å². The topological polar surface area (TPSA) is 174 Å². The second-order valence-electron chi connectivity index (χ2n) is 8.24. The molecule has 0 spiro atoms. The van der Waals surface area contributed by atoms with Gasteiger partial charge in [-0.1, -0.05) is 24.4 Å². The van der Waals surface area contributed by atoms with Crippen molar-refractivity contribution in [2.24, 2.45) is 11.1 Å². The van der Waals surface area contributed by atoms with Crippen molar-refractivity contribution in [3.8, 4) is 0 Å². The summed E-state index contributed by atoms with van der Waals surface area (Å²) < 4.78 is 10.6. The van der Waals surface area contributed by atoms with Crippen molar-refractivity contribution < 1.29 is 33.9 Å². The molecule has 2 fully saturated rings. The number of thiazole rings is 1. The first-order valence-electron chi connectivity index (χ1n) is 11.1. The number of amides is 2. The predicted octanol–water partition coefficient (Wildman–Crippen LogP) is 1.20. The number of oxime groups is 1. The van der Waals surface area contributed by atoms with Crippen LogP contribution in [-0.2, 0) is 28.7 Å². The first kappa shape index (κ1) is 25.0. The van der Waals surface area contributed by atoms with E-state index in [1.165, 1.54) is 29.0 Å². The predicted molar refractivity (Wildman–Crippen MR) is 126 cm³/mol. The minimum absolute atomic E-state index is 0.0214. The van der Waals surface area contributed by atoms with Gasteiger partial charge in [-0.15, -0.1) is 23.1 Å². The number of rotatable bonds is 7. The lowest BCUT2D eigenvalue weighted by atomic mass is 9.89. The van der Waals surface area contributed by atoms with E-state index in [9.17, 15) is 24.4 Å². The van der Waals surface area contributed by atoms with Gasteiger partial charge >= 0.3 is 11.9 Å². The lowest BCUT2D eigenvalue weighted by Gasteiger charge is -2.48. The molecule has 4 rings (SSSR count). The summed E-state index contributed by atoms with van der Waals surface area (Å²) in [5.41, 5.74) is 5.28. The van der Waals surface area contributed by atoms with Crippen LogP contribution in [0.25, 0.3) is 0 Å². The number of aromatic nitrogens is 1. The standard InChI is InChI=1S/C21H25N5O7S2/c1-10(32-19(29)11-5-3-2-4-6-11)33-20(30)13-7-8-34-18-15(17(28)26(13)18)24-16(27)14(25-31)12-9-35-21(22)23-12/h7,9-11,15,18,31H,2-6,8H2,1H3,(H2,22,23)(H,24,27)/t10?,15?,18-/m1/s1. The molecule has 3 aliphatic rings. The summed E-state index contributed by atoms with van der Waals surface area (Å²) in [7, 11) is 0. The molecule has 2 aliphatic heterocycles. The van der Waals surface area contributed by atoms with Gasteiger partial charge < -0.3 is 25.7 Å². The molecule has 1 saturated carbocycles. The highest BCUT2D eigenvalue weighted by molar-refractivity contribution is 8.00.